The van der Waals surface area contributed by atoms with Crippen LogP contribution in [0.4, 0.5) is 11.5 Å². The van der Waals surface area contributed by atoms with E-state index in [0.717, 1.165) is 64.3 Å². The van der Waals surface area contributed by atoms with Gasteiger partial charge in [-0.25, -0.2) is 4.98 Å². The highest BCUT2D eigenvalue weighted by molar-refractivity contribution is 5.99. The van der Waals surface area contributed by atoms with Crippen LogP contribution in [0.2, 0.25) is 0 Å². The first kappa shape index (κ1) is 21.2. The topological polar surface area (TPSA) is 77.6 Å². The summed E-state index contributed by atoms with van der Waals surface area (Å²) < 4.78 is 0. The number of pyridine rings is 1. The van der Waals surface area contributed by atoms with Crippen LogP contribution >= 0.6 is 0 Å². The van der Waals surface area contributed by atoms with E-state index in [1.165, 1.54) is 0 Å². The van der Waals surface area contributed by atoms with E-state index in [1.807, 2.05) is 11.8 Å². The number of rotatable bonds is 9. The van der Waals surface area contributed by atoms with Crippen LogP contribution in [0.1, 0.15) is 56.8 Å². The third-order valence-electron chi connectivity index (χ3n) is 4.56. The zero-order chi connectivity index (χ0) is 19.6. The first-order valence-electron chi connectivity index (χ1n) is 10.2. The van der Waals surface area contributed by atoms with Crippen LogP contribution in [0.15, 0.2) is 12.3 Å². The van der Waals surface area contributed by atoms with Gasteiger partial charge in [-0.2, -0.15) is 0 Å². The molecular weight excluding hydrogens is 342 g/mol. The summed E-state index contributed by atoms with van der Waals surface area (Å²) in [5.41, 5.74) is 1.16. The molecule has 2 heterocycles. The Labute approximate surface area is 162 Å². The van der Waals surface area contributed by atoms with E-state index >= 15 is 0 Å². The van der Waals surface area contributed by atoms with Gasteiger partial charge in [0.2, 0.25) is 5.91 Å². The highest BCUT2D eigenvalue weighted by atomic mass is 16.2. The number of piperazine rings is 1. The minimum atomic E-state index is -0.0424. The number of hydrogen-bond acceptors (Lipinski definition) is 5. The van der Waals surface area contributed by atoms with Crippen molar-refractivity contribution in [3.63, 3.8) is 0 Å². The Kier molecular flexibility index (Phi) is 8.51. The van der Waals surface area contributed by atoms with Crippen molar-refractivity contribution in [1.29, 1.82) is 0 Å². The van der Waals surface area contributed by atoms with Gasteiger partial charge in [0, 0.05) is 51.9 Å². The molecule has 0 saturated carbocycles. The van der Waals surface area contributed by atoms with Crippen molar-refractivity contribution < 1.29 is 9.59 Å². The lowest BCUT2D eigenvalue weighted by Crippen LogP contribution is -2.44. The van der Waals surface area contributed by atoms with E-state index in [9.17, 15) is 9.59 Å². The molecule has 0 bridgehead atoms. The Hall–Kier alpha value is -2.15. The lowest BCUT2D eigenvalue weighted by atomic mass is 10.2. The molecule has 0 unspecified atom stereocenters. The molecule has 1 aliphatic rings. The maximum Gasteiger partial charge on any atom is 0.255 e. The molecule has 0 atom stereocenters. The number of carbonyl (C=O) groups excluding carboxylic acids is 2. The SMILES string of the molecule is CCCC(=O)Nc1cc(C(=O)N(CCC)CCC)cnc1N1CCNCC1. The zero-order valence-electron chi connectivity index (χ0n) is 16.9. The van der Waals surface area contributed by atoms with Crippen molar-refractivity contribution in [2.75, 3.05) is 49.5 Å². The quantitative estimate of drug-likeness (QED) is 0.693. The van der Waals surface area contributed by atoms with Crippen molar-refractivity contribution in [2.45, 2.75) is 46.5 Å². The Bertz CT molecular complexity index is 623. The van der Waals surface area contributed by atoms with Gasteiger partial charge in [0.05, 0.1) is 11.3 Å². The van der Waals surface area contributed by atoms with Crippen LogP contribution in [0, 0.1) is 0 Å². The molecule has 2 amide bonds. The van der Waals surface area contributed by atoms with E-state index in [2.05, 4.69) is 34.4 Å². The van der Waals surface area contributed by atoms with Crippen molar-refractivity contribution >= 4 is 23.3 Å². The number of nitrogens with one attached hydrogen (secondary N) is 2. The Morgan fingerprint density at radius 2 is 1.81 bits per heavy atom. The summed E-state index contributed by atoms with van der Waals surface area (Å²) in [4.78, 5) is 33.7. The molecule has 2 N–H and O–H groups in total. The van der Waals surface area contributed by atoms with Crippen molar-refractivity contribution in [3.8, 4) is 0 Å². The molecule has 0 radical (unpaired) electrons. The largest absolute Gasteiger partial charge is 0.352 e. The van der Waals surface area contributed by atoms with Gasteiger partial charge >= 0.3 is 0 Å². The normalized spacial score (nSPS) is 14.1. The lowest BCUT2D eigenvalue weighted by Gasteiger charge is -2.30. The van der Waals surface area contributed by atoms with Crippen LogP contribution in [-0.2, 0) is 4.79 Å². The number of hydrogen-bond donors (Lipinski definition) is 2. The molecule has 1 aromatic heterocycles. The van der Waals surface area contributed by atoms with Gasteiger partial charge in [0.25, 0.3) is 5.91 Å². The van der Waals surface area contributed by atoms with Gasteiger partial charge in [0.15, 0.2) is 5.82 Å². The second kappa shape index (κ2) is 10.9. The van der Waals surface area contributed by atoms with E-state index in [0.29, 0.717) is 17.7 Å². The molecule has 1 saturated heterocycles. The molecular formula is C20H33N5O2. The van der Waals surface area contributed by atoms with Gasteiger partial charge in [-0.15, -0.1) is 0 Å². The molecule has 150 valence electrons. The van der Waals surface area contributed by atoms with E-state index in [-0.39, 0.29) is 11.8 Å². The maximum atomic E-state index is 12.9. The Balaban J connectivity index is 2.30. The summed E-state index contributed by atoms with van der Waals surface area (Å²) in [5.74, 6) is 0.679. The van der Waals surface area contributed by atoms with Crippen LogP contribution < -0.4 is 15.5 Å². The highest BCUT2D eigenvalue weighted by Crippen LogP contribution is 2.26. The van der Waals surface area contributed by atoms with Crippen LogP contribution in [0.3, 0.4) is 0 Å². The minimum Gasteiger partial charge on any atom is -0.352 e. The van der Waals surface area contributed by atoms with Gasteiger partial charge < -0.3 is 20.4 Å². The third-order valence-corrected chi connectivity index (χ3v) is 4.56. The third kappa shape index (κ3) is 5.92. The molecule has 0 aliphatic carbocycles. The summed E-state index contributed by atoms with van der Waals surface area (Å²) in [6.45, 7) is 11.0. The second-order valence-electron chi connectivity index (χ2n) is 6.92. The standard InChI is InChI=1S/C20H33N5O2/c1-4-7-18(26)23-17-14-16(20(27)25(10-5-2)11-6-3)15-22-19(17)24-12-8-21-9-13-24/h14-15,21H,4-13H2,1-3H3,(H,23,26). The summed E-state index contributed by atoms with van der Waals surface area (Å²) in [6, 6.07) is 1.79. The molecule has 1 fully saturated rings. The average Bonchev–Trinajstić information content (AvgIpc) is 2.68. The molecule has 2 rings (SSSR count). The average molecular weight is 376 g/mol. The summed E-state index contributed by atoms with van der Waals surface area (Å²) >= 11 is 0. The summed E-state index contributed by atoms with van der Waals surface area (Å²) in [7, 11) is 0. The molecule has 27 heavy (non-hydrogen) atoms. The van der Waals surface area contributed by atoms with Crippen molar-refractivity contribution in [2.24, 2.45) is 0 Å². The fourth-order valence-electron chi connectivity index (χ4n) is 3.27. The number of nitrogens with zero attached hydrogens (tertiary/aromatic N) is 3. The molecule has 1 aromatic rings. The molecule has 0 aromatic carbocycles. The predicted octanol–water partition coefficient (Wildman–Crippen LogP) is 2.49. The van der Waals surface area contributed by atoms with Crippen LogP contribution in [0.5, 0.6) is 0 Å². The predicted molar refractivity (Wildman–Crippen MR) is 109 cm³/mol. The second-order valence-corrected chi connectivity index (χ2v) is 6.92. The monoisotopic (exact) mass is 375 g/mol. The van der Waals surface area contributed by atoms with Gasteiger partial charge in [-0.1, -0.05) is 20.8 Å². The first-order valence-corrected chi connectivity index (χ1v) is 10.2. The fraction of sp³-hybridized carbons (Fsp3) is 0.650. The summed E-state index contributed by atoms with van der Waals surface area (Å²) in [5, 5.41) is 6.29. The molecule has 0 spiro atoms. The summed E-state index contributed by atoms with van der Waals surface area (Å²) in [6.07, 6.45) is 4.71. The van der Waals surface area contributed by atoms with Crippen molar-refractivity contribution in [3.05, 3.63) is 17.8 Å². The fourth-order valence-corrected chi connectivity index (χ4v) is 3.27. The van der Waals surface area contributed by atoms with Crippen LogP contribution in [-0.4, -0.2) is 61.0 Å². The zero-order valence-corrected chi connectivity index (χ0v) is 16.9. The number of aromatic nitrogens is 1. The van der Waals surface area contributed by atoms with E-state index < -0.39 is 0 Å². The van der Waals surface area contributed by atoms with Crippen molar-refractivity contribution in [1.82, 2.24) is 15.2 Å². The van der Waals surface area contributed by atoms with Gasteiger partial charge in [-0.3, -0.25) is 9.59 Å². The van der Waals surface area contributed by atoms with E-state index in [1.54, 1.807) is 12.3 Å². The number of anilines is 2. The lowest BCUT2D eigenvalue weighted by molar-refractivity contribution is -0.116. The Morgan fingerprint density at radius 3 is 2.41 bits per heavy atom. The van der Waals surface area contributed by atoms with Gasteiger partial charge in [0.1, 0.15) is 0 Å². The number of carbonyl (C=O) groups is 2. The number of amides is 2. The first-order chi connectivity index (χ1) is 13.1. The smallest absolute Gasteiger partial charge is 0.255 e. The molecule has 7 nitrogen and oxygen atoms in total. The Morgan fingerprint density at radius 1 is 1.15 bits per heavy atom. The molecule has 7 heteroatoms. The maximum absolute atomic E-state index is 12.9. The van der Waals surface area contributed by atoms with Crippen LogP contribution in [0.25, 0.3) is 0 Å². The van der Waals surface area contributed by atoms with Gasteiger partial charge in [-0.05, 0) is 25.3 Å². The van der Waals surface area contributed by atoms with E-state index in [4.69, 9.17) is 0 Å². The minimum absolute atomic E-state index is 0.0240. The highest BCUT2D eigenvalue weighted by Gasteiger charge is 2.21. The molecule has 1 aliphatic heterocycles.